The van der Waals surface area contributed by atoms with Crippen molar-refractivity contribution in [3.05, 3.63) is 11.6 Å². The molecule has 0 amide bonds. The molecular formula is C8H12O2. The SMILES string of the molecule is CC1=CC(OC=O)CCC1. The molecule has 0 aliphatic heterocycles. The summed E-state index contributed by atoms with van der Waals surface area (Å²) in [6.07, 6.45) is 5.35. The molecule has 0 spiro atoms. The minimum atomic E-state index is 0.0475. The first-order valence-electron chi connectivity index (χ1n) is 3.59. The normalized spacial score (nSPS) is 25.3. The third-order valence-electron chi connectivity index (χ3n) is 1.76. The van der Waals surface area contributed by atoms with Crippen molar-refractivity contribution < 1.29 is 9.53 Å². The molecule has 1 rings (SSSR count). The Balaban J connectivity index is 2.45. The van der Waals surface area contributed by atoms with Gasteiger partial charge in [0.25, 0.3) is 6.47 Å². The van der Waals surface area contributed by atoms with Gasteiger partial charge >= 0.3 is 0 Å². The Bertz CT molecular complexity index is 149. The van der Waals surface area contributed by atoms with E-state index >= 15 is 0 Å². The fourth-order valence-corrected chi connectivity index (χ4v) is 1.24. The van der Waals surface area contributed by atoms with Crippen molar-refractivity contribution in [2.75, 3.05) is 0 Å². The summed E-state index contributed by atoms with van der Waals surface area (Å²) < 4.78 is 4.80. The summed E-state index contributed by atoms with van der Waals surface area (Å²) in [5, 5.41) is 0. The Labute approximate surface area is 60.9 Å². The zero-order chi connectivity index (χ0) is 7.40. The lowest BCUT2D eigenvalue weighted by Crippen LogP contribution is -2.12. The van der Waals surface area contributed by atoms with Gasteiger partial charge in [0.05, 0.1) is 0 Å². The van der Waals surface area contributed by atoms with Gasteiger partial charge in [-0.25, -0.2) is 0 Å². The molecule has 1 aliphatic carbocycles. The molecule has 0 aromatic carbocycles. The standard InChI is InChI=1S/C8H12O2/c1-7-3-2-4-8(5-7)10-6-9/h5-6,8H,2-4H2,1H3. The zero-order valence-electron chi connectivity index (χ0n) is 6.17. The van der Waals surface area contributed by atoms with E-state index in [2.05, 4.69) is 6.92 Å². The molecule has 0 fully saturated rings. The van der Waals surface area contributed by atoms with Crippen molar-refractivity contribution in [1.82, 2.24) is 0 Å². The fourth-order valence-electron chi connectivity index (χ4n) is 1.24. The first-order chi connectivity index (χ1) is 4.83. The van der Waals surface area contributed by atoms with Gasteiger partial charge < -0.3 is 4.74 Å². The van der Waals surface area contributed by atoms with Crippen molar-refractivity contribution in [2.45, 2.75) is 32.3 Å². The molecule has 10 heavy (non-hydrogen) atoms. The van der Waals surface area contributed by atoms with Crippen LogP contribution >= 0.6 is 0 Å². The molecule has 0 aromatic heterocycles. The predicted octanol–water partition coefficient (Wildman–Crippen LogP) is 1.66. The van der Waals surface area contributed by atoms with Crippen LogP contribution < -0.4 is 0 Å². The lowest BCUT2D eigenvalue weighted by Gasteiger charge is -2.16. The molecule has 56 valence electrons. The second-order valence-electron chi connectivity index (χ2n) is 2.68. The average molecular weight is 140 g/mol. The van der Waals surface area contributed by atoms with Crippen LogP contribution in [0.15, 0.2) is 11.6 Å². The average Bonchev–Trinajstić information content (AvgIpc) is 1.88. The number of hydrogen-bond acceptors (Lipinski definition) is 2. The van der Waals surface area contributed by atoms with E-state index in [9.17, 15) is 4.79 Å². The summed E-state index contributed by atoms with van der Waals surface area (Å²) in [6, 6.07) is 0. The highest BCUT2D eigenvalue weighted by molar-refractivity contribution is 5.38. The van der Waals surface area contributed by atoms with E-state index in [0.29, 0.717) is 6.47 Å². The molecule has 0 radical (unpaired) electrons. The molecule has 1 unspecified atom stereocenters. The molecule has 0 saturated heterocycles. The first kappa shape index (κ1) is 7.32. The maximum atomic E-state index is 9.93. The summed E-state index contributed by atoms with van der Waals surface area (Å²) in [5.74, 6) is 0. The zero-order valence-corrected chi connectivity index (χ0v) is 6.17. The highest BCUT2D eigenvalue weighted by atomic mass is 16.5. The Morgan fingerprint density at radius 1 is 1.80 bits per heavy atom. The molecule has 0 N–H and O–H groups in total. The van der Waals surface area contributed by atoms with Crippen molar-refractivity contribution in [2.24, 2.45) is 0 Å². The van der Waals surface area contributed by atoms with Crippen LogP contribution in [0.1, 0.15) is 26.2 Å². The predicted molar refractivity (Wildman–Crippen MR) is 38.5 cm³/mol. The van der Waals surface area contributed by atoms with E-state index in [1.54, 1.807) is 0 Å². The summed E-state index contributed by atoms with van der Waals surface area (Å²) in [4.78, 5) is 9.93. The topological polar surface area (TPSA) is 26.3 Å². The summed E-state index contributed by atoms with van der Waals surface area (Å²) in [5.41, 5.74) is 1.33. The molecule has 0 bridgehead atoms. The van der Waals surface area contributed by atoms with Crippen LogP contribution in [0.3, 0.4) is 0 Å². The van der Waals surface area contributed by atoms with E-state index in [0.717, 1.165) is 19.3 Å². The van der Waals surface area contributed by atoms with Gasteiger partial charge in [0.1, 0.15) is 6.10 Å². The van der Waals surface area contributed by atoms with Crippen molar-refractivity contribution in [3.8, 4) is 0 Å². The van der Waals surface area contributed by atoms with Crippen LogP contribution in [0.4, 0.5) is 0 Å². The second kappa shape index (κ2) is 3.40. The number of carbonyl (C=O) groups is 1. The maximum Gasteiger partial charge on any atom is 0.293 e. The monoisotopic (exact) mass is 140 g/mol. The van der Waals surface area contributed by atoms with Gasteiger partial charge in [0, 0.05) is 0 Å². The van der Waals surface area contributed by atoms with E-state index < -0.39 is 0 Å². The van der Waals surface area contributed by atoms with Crippen LogP contribution in [-0.2, 0) is 9.53 Å². The van der Waals surface area contributed by atoms with E-state index in [1.165, 1.54) is 5.57 Å². The van der Waals surface area contributed by atoms with Crippen molar-refractivity contribution in [1.29, 1.82) is 0 Å². The van der Waals surface area contributed by atoms with E-state index in [1.807, 2.05) is 6.08 Å². The van der Waals surface area contributed by atoms with Gasteiger partial charge in [-0.3, -0.25) is 4.79 Å². The summed E-state index contributed by atoms with van der Waals surface area (Å²) in [7, 11) is 0. The van der Waals surface area contributed by atoms with Gasteiger partial charge in [-0.15, -0.1) is 0 Å². The minimum absolute atomic E-state index is 0.0475. The van der Waals surface area contributed by atoms with Crippen molar-refractivity contribution in [3.63, 3.8) is 0 Å². The van der Waals surface area contributed by atoms with Crippen LogP contribution in [-0.4, -0.2) is 12.6 Å². The largest absolute Gasteiger partial charge is 0.460 e. The second-order valence-corrected chi connectivity index (χ2v) is 2.68. The maximum absolute atomic E-state index is 9.93. The number of ether oxygens (including phenoxy) is 1. The molecule has 0 heterocycles. The van der Waals surface area contributed by atoms with Crippen LogP contribution in [0, 0.1) is 0 Å². The minimum Gasteiger partial charge on any atom is -0.460 e. The Morgan fingerprint density at radius 2 is 2.60 bits per heavy atom. The van der Waals surface area contributed by atoms with E-state index in [4.69, 9.17) is 4.74 Å². The van der Waals surface area contributed by atoms with Gasteiger partial charge in [0.2, 0.25) is 0 Å². The lowest BCUT2D eigenvalue weighted by molar-refractivity contribution is -0.131. The van der Waals surface area contributed by atoms with Crippen LogP contribution in [0.25, 0.3) is 0 Å². The van der Waals surface area contributed by atoms with E-state index in [-0.39, 0.29) is 6.10 Å². The molecule has 1 atom stereocenters. The van der Waals surface area contributed by atoms with Crippen LogP contribution in [0.2, 0.25) is 0 Å². The smallest absolute Gasteiger partial charge is 0.293 e. The molecule has 1 aliphatic rings. The molecule has 0 saturated carbocycles. The van der Waals surface area contributed by atoms with Gasteiger partial charge in [-0.2, -0.15) is 0 Å². The quantitative estimate of drug-likeness (QED) is 0.430. The van der Waals surface area contributed by atoms with Gasteiger partial charge in [0.15, 0.2) is 0 Å². The highest BCUT2D eigenvalue weighted by Gasteiger charge is 2.10. The fraction of sp³-hybridized carbons (Fsp3) is 0.625. The Morgan fingerprint density at radius 3 is 3.20 bits per heavy atom. The summed E-state index contributed by atoms with van der Waals surface area (Å²) >= 11 is 0. The molecule has 2 nitrogen and oxygen atoms in total. The molecular weight excluding hydrogens is 128 g/mol. The highest BCUT2D eigenvalue weighted by Crippen LogP contribution is 2.18. The molecule has 2 heteroatoms. The molecule has 0 aromatic rings. The lowest BCUT2D eigenvalue weighted by atomic mass is 9.99. The van der Waals surface area contributed by atoms with Gasteiger partial charge in [-0.05, 0) is 32.3 Å². The Hall–Kier alpha value is -0.790. The number of carbonyl (C=O) groups excluding carboxylic acids is 1. The van der Waals surface area contributed by atoms with Crippen molar-refractivity contribution >= 4 is 6.47 Å². The van der Waals surface area contributed by atoms with Gasteiger partial charge in [-0.1, -0.05) is 5.57 Å². The number of allylic oxidation sites excluding steroid dienone is 1. The first-order valence-corrected chi connectivity index (χ1v) is 3.59. The number of rotatable bonds is 2. The number of hydrogen-bond donors (Lipinski definition) is 0. The van der Waals surface area contributed by atoms with Crippen LogP contribution in [0.5, 0.6) is 0 Å². The Kier molecular flexibility index (Phi) is 2.49. The summed E-state index contributed by atoms with van der Waals surface area (Å²) in [6.45, 7) is 2.60. The third kappa shape index (κ3) is 1.87. The third-order valence-corrected chi connectivity index (χ3v) is 1.76.